The van der Waals surface area contributed by atoms with Gasteiger partial charge in [-0.05, 0) is 12.8 Å². The van der Waals surface area contributed by atoms with Crippen molar-refractivity contribution >= 4 is 0 Å². The predicted molar refractivity (Wildman–Crippen MR) is 48.1 cm³/mol. The molecule has 0 aliphatic heterocycles. The molecule has 1 unspecified atom stereocenters. The Bertz CT molecular complexity index is 170. The Morgan fingerprint density at radius 3 is 2.55 bits per heavy atom. The van der Waals surface area contributed by atoms with Crippen LogP contribution in [0.2, 0.25) is 0 Å². The van der Waals surface area contributed by atoms with E-state index in [0.29, 0.717) is 12.3 Å². The van der Waals surface area contributed by atoms with Crippen molar-refractivity contribution in [2.75, 3.05) is 0 Å². The van der Waals surface area contributed by atoms with Crippen LogP contribution in [0.5, 0.6) is 0 Å². The number of aliphatic hydroxyl groups is 1. The molecule has 0 amide bonds. The number of hydrogen-bond acceptors (Lipinski definition) is 1. The number of hydrogen-bond donors (Lipinski definition) is 1. The van der Waals surface area contributed by atoms with Crippen molar-refractivity contribution in [3.63, 3.8) is 0 Å². The maximum absolute atomic E-state index is 9.35. The van der Waals surface area contributed by atoms with Crippen molar-refractivity contribution < 1.29 is 5.11 Å². The second kappa shape index (κ2) is 4.20. The minimum Gasteiger partial charge on any atom is -0.378 e. The third-order valence-electron chi connectivity index (χ3n) is 1.35. The van der Waals surface area contributed by atoms with Crippen LogP contribution >= 0.6 is 0 Å². The first kappa shape index (κ1) is 10.3. The lowest BCUT2D eigenvalue weighted by atomic mass is 10.0. The lowest BCUT2D eigenvalue weighted by Gasteiger charge is -2.12. The molecule has 62 valence electrons. The molecule has 0 radical (unpaired) electrons. The van der Waals surface area contributed by atoms with Crippen molar-refractivity contribution in [1.82, 2.24) is 0 Å². The Balaban J connectivity index is 3.81. The summed E-state index contributed by atoms with van der Waals surface area (Å²) in [7, 11) is 0. The van der Waals surface area contributed by atoms with E-state index in [9.17, 15) is 5.11 Å². The molecular weight excluding hydrogens is 136 g/mol. The minimum absolute atomic E-state index is 0.517. The monoisotopic (exact) mass is 152 g/mol. The van der Waals surface area contributed by atoms with Crippen LogP contribution in [-0.2, 0) is 0 Å². The largest absolute Gasteiger partial charge is 0.378 e. The standard InChI is InChI=1S/C10H16O/c1-5-10(4,11)8-6-7-9(2)3/h1,6-7,9,11H,8H2,2-4H3/b7-6+. The highest BCUT2D eigenvalue weighted by atomic mass is 16.3. The van der Waals surface area contributed by atoms with Gasteiger partial charge in [0.05, 0.1) is 0 Å². The van der Waals surface area contributed by atoms with Gasteiger partial charge in [0.1, 0.15) is 5.60 Å². The van der Waals surface area contributed by atoms with Gasteiger partial charge in [-0.15, -0.1) is 6.42 Å². The highest BCUT2D eigenvalue weighted by Gasteiger charge is 2.12. The summed E-state index contributed by atoms with van der Waals surface area (Å²) in [5, 5.41) is 9.35. The van der Waals surface area contributed by atoms with Gasteiger partial charge in [-0.25, -0.2) is 0 Å². The third-order valence-corrected chi connectivity index (χ3v) is 1.35. The van der Waals surface area contributed by atoms with E-state index < -0.39 is 5.60 Å². The molecule has 0 aromatic heterocycles. The maximum Gasteiger partial charge on any atom is 0.125 e. The van der Waals surface area contributed by atoms with Crippen molar-refractivity contribution in [3.05, 3.63) is 12.2 Å². The van der Waals surface area contributed by atoms with E-state index in [1.54, 1.807) is 6.92 Å². The summed E-state index contributed by atoms with van der Waals surface area (Å²) in [4.78, 5) is 0. The van der Waals surface area contributed by atoms with Crippen LogP contribution in [-0.4, -0.2) is 10.7 Å². The molecule has 0 rings (SSSR count). The Hall–Kier alpha value is -0.740. The molecule has 0 bridgehead atoms. The summed E-state index contributed by atoms with van der Waals surface area (Å²) in [6, 6.07) is 0. The summed E-state index contributed by atoms with van der Waals surface area (Å²) < 4.78 is 0. The van der Waals surface area contributed by atoms with E-state index in [1.807, 2.05) is 12.2 Å². The molecule has 0 heterocycles. The van der Waals surface area contributed by atoms with Crippen LogP contribution in [0, 0.1) is 18.3 Å². The van der Waals surface area contributed by atoms with Gasteiger partial charge in [-0.3, -0.25) is 0 Å². The minimum atomic E-state index is -0.981. The molecule has 0 aromatic rings. The first-order chi connectivity index (χ1) is 4.98. The van der Waals surface area contributed by atoms with Gasteiger partial charge >= 0.3 is 0 Å². The average Bonchev–Trinajstić information content (AvgIpc) is 1.87. The van der Waals surface area contributed by atoms with Crippen molar-refractivity contribution in [3.8, 4) is 12.3 Å². The second-order valence-corrected chi connectivity index (χ2v) is 3.29. The summed E-state index contributed by atoms with van der Waals surface area (Å²) in [6.45, 7) is 5.81. The Morgan fingerprint density at radius 2 is 2.18 bits per heavy atom. The van der Waals surface area contributed by atoms with E-state index in [0.717, 1.165) is 0 Å². The quantitative estimate of drug-likeness (QED) is 0.484. The zero-order valence-electron chi connectivity index (χ0n) is 7.46. The van der Waals surface area contributed by atoms with Gasteiger partial charge in [0.15, 0.2) is 0 Å². The van der Waals surface area contributed by atoms with Crippen LogP contribution in [0.4, 0.5) is 0 Å². The number of rotatable bonds is 3. The lowest BCUT2D eigenvalue weighted by molar-refractivity contribution is 0.126. The molecule has 0 spiro atoms. The lowest BCUT2D eigenvalue weighted by Crippen LogP contribution is -2.19. The summed E-state index contributed by atoms with van der Waals surface area (Å²) >= 11 is 0. The molecule has 1 heteroatoms. The predicted octanol–water partition coefficient (Wildman–Crippen LogP) is 1.97. The highest BCUT2D eigenvalue weighted by Crippen LogP contribution is 2.08. The van der Waals surface area contributed by atoms with Crippen LogP contribution in [0.25, 0.3) is 0 Å². The first-order valence-corrected chi connectivity index (χ1v) is 3.85. The van der Waals surface area contributed by atoms with Crippen molar-refractivity contribution in [2.24, 2.45) is 5.92 Å². The Morgan fingerprint density at radius 1 is 1.64 bits per heavy atom. The fraction of sp³-hybridized carbons (Fsp3) is 0.600. The molecule has 0 aliphatic carbocycles. The Kier molecular flexibility index (Phi) is 3.92. The van der Waals surface area contributed by atoms with Gasteiger partial charge in [-0.1, -0.05) is 31.9 Å². The number of terminal acetylenes is 1. The van der Waals surface area contributed by atoms with Crippen molar-refractivity contribution in [1.29, 1.82) is 0 Å². The zero-order valence-corrected chi connectivity index (χ0v) is 7.46. The summed E-state index contributed by atoms with van der Waals surface area (Å²) in [6.07, 6.45) is 9.57. The van der Waals surface area contributed by atoms with Gasteiger partial charge in [-0.2, -0.15) is 0 Å². The van der Waals surface area contributed by atoms with Crippen LogP contribution < -0.4 is 0 Å². The second-order valence-electron chi connectivity index (χ2n) is 3.29. The van der Waals surface area contributed by atoms with Gasteiger partial charge in [0.2, 0.25) is 0 Å². The molecule has 1 atom stereocenters. The van der Waals surface area contributed by atoms with Gasteiger partial charge < -0.3 is 5.11 Å². The van der Waals surface area contributed by atoms with Gasteiger partial charge in [0, 0.05) is 6.42 Å². The van der Waals surface area contributed by atoms with Gasteiger partial charge in [0.25, 0.3) is 0 Å². The van der Waals surface area contributed by atoms with E-state index in [2.05, 4.69) is 19.8 Å². The molecule has 0 fully saturated rings. The molecular formula is C10H16O. The SMILES string of the molecule is C#CC(C)(O)C/C=C/C(C)C. The van der Waals surface area contributed by atoms with Crippen LogP contribution in [0.3, 0.4) is 0 Å². The zero-order chi connectivity index (χ0) is 8.91. The third kappa shape index (κ3) is 5.69. The molecule has 0 aliphatic rings. The van der Waals surface area contributed by atoms with E-state index in [4.69, 9.17) is 6.42 Å². The molecule has 1 N–H and O–H groups in total. The highest BCUT2D eigenvalue weighted by molar-refractivity contribution is 5.08. The molecule has 0 saturated carbocycles. The van der Waals surface area contributed by atoms with Crippen LogP contribution in [0.15, 0.2) is 12.2 Å². The van der Waals surface area contributed by atoms with E-state index in [-0.39, 0.29) is 0 Å². The summed E-state index contributed by atoms with van der Waals surface area (Å²) in [5.74, 6) is 2.84. The maximum atomic E-state index is 9.35. The van der Waals surface area contributed by atoms with E-state index in [1.165, 1.54) is 0 Å². The molecule has 0 saturated heterocycles. The fourth-order valence-electron chi connectivity index (χ4n) is 0.629. The molecule has 0 aromatic carbocycles. The average molecular weight is 152 g/mol. The normalized spacial score (nSPS) is 16.7. The Labute approximate surface area is 69.1 Å². The van der Waals surface area contributed by atoms with Crippen molar-refractivity contribution in [2.45, 2.75) is 32.8 Å². The fourth-order valence-corrected chi connectivity index (χ4v) is 0.629. The first-order valence-electron chi connectivity index (χ1n) is 3.85. The number of allylic oxidation sites excluding steroid dienone is 1. The smallest absolute Gasteiger partial charge is 0.125 e. The topological polar surface area (TPSA) is 20.2 Å². The van der Waals surface area contributed by atoms with E-state index >= 15 is 0 Å². The summed E-state index contributed by atoms with van der Waals surface area (Å²) in [5.41, 5.74) is -0.981. The molecule has 11 heavy (non-hydrogen) atoms. The molecule has 1 nitrogen and oxygen atoms in total. The van der Waals surface area contributed by atoms with Crippen LogP contribution in [0.1, 0.15) is 27.2 Å².